The maximum Gasteiger partial charge on any atom is 0.387 e. The minimum absolute atomic E-state index is 0.165. The number of benzene rings is 4. The van der Waals surface area contributed by atoms with E-state index >= 15 is 0 Å². The zero-order chi connectivity index (χ0) is 38.4. The number of β-amino-alcohol motifs (C(OH)–C–C–N with tert-alkyl or cyclic N) is 1. The van der Waals surface area contributed by atoms with Crippen LogP contribution < -0.4 is 10.1 Å². The number of fused-ring (bicyclic) bond motifs is 2. The van der Waals surface area contributed by atoms with Gasteiger partial charge in [0, 0.05) is 42.4 Å². The number of carbonyl (C=O) groups is 1. The third-order valence-electron chi connectivity index (χ3n) is 10.2. The number of likely N-dealkylation sites (tertiary alicyclic amines) is 1. The number of hydrogen-bond donors (Lipinski definition) is 2. The lowest BCUT2D eigenvalue weighted by Gasteiger charge is -2.43. The number of oxazole rings is 2. The van der Waals surface area contributed by atoms with E-state index in [1.165, 1.54) is 12.1 Å². The molecule has 4 heterocycles. The molecule has 4 aromatic carbocycles. The van der Waals surface area contributed by atoms with Crippen molar-refractivity contribution in [3.8, 4) is 58.2 Å². The number of nitriles is 1. The third-order valence-corrected chi connectivity index (χ3v) is 10.2. The highest BCUT2D eigenvalue weighted by atomic mass is 19.3. The average Bonchev–Trinajstić information content (AvgIpc) is 3.93. The molecular formula is C42H35F2N5O6. The molecule has 13 heteroatoms. The highest BCUT2D eigenvalue weighted by molar-refractivity contribution is 5.86. The number of nitrogens with zero attached hydrogens (tertiary/aromatic N) is 4. The molecule has 2 aliphatic rings. The lowest BCUT2D eigenvalue weighted by atomic mass is 9.91. The summed E-state index contributed by atoms with van der Waals surface area (Å²) in [6, 6.07) is 19.9. The van der Waals surface area contributed by atoms with Crippen molar-refractivity contribution in [2.45, 2.75) is 58.1 Å². The number of terminal acetylenes is 1. The zero-order valence-electron chi connectivity index (χ0n) is 30.0. The first kappa shape index (κ1) is 35.9. The molecule has 278 valence electrons. The number of alkyl halides is 2. The van der Waals surface area contributed by atoms with Crippen LogP contribution in [-0.2, 0) is 22.7 Å². The molecular weight excluding hydrogens is 708 g/mol. The topological polar surface area (TPSA) is 147 Å². The predicted octanol–water partition coefficient (Wildman–Crippen LogP) is 7.04. The van der Waals surface area contributed by atoms with Gasteiger partial charge in [0.15, 0.2) is 11.2 Å². The Morgan fingerprint density at radius 1 is 1.04 bits per heavy atom. The van der Waals surface area contributed by atoms with Gasteiger partial charge in [0.2, 0.25) is 11.8 Å². The van der Waals surface area contributed by atoms with Crippen LogP contribution in [-0.4, -0.2) is 63.8 Å². The van der Waals surface area contributed by atoms with E-state index in [1.54, 1.807) is 6.07 Å². The van der Waals surface area contributed by atoms with Gasteiger partial charge in [-0.1, -0.05) is 30.2 Å². The Morgan fingerprint density at radius 2 is 1.71 bits per heavy atom. The third kappa shape index (κ3) is 6.90. The first-order valence-electron chi connectivity index (χ1n) is 17.8. The largest absolute Gasteiger partial charge is 0.460 e. The SMILES string of the molecule is C#CC1(O)CN(Cc2cc(C#N)c3oc(-c4cccc(-c5cccc(-c6nc7cc(COC(=O)[C@@H]8CCCN8)c(OC(F)F)cc7o6)c5C)c4C)nc3c2)C1. The van der Waals surface area contributed by atoms with Crippen LogP contribution in [0.15, 0.2) is 69.5 Å². The minimum Gasteiger partial charge on any atom is -0.460 e. The molecule has 2 aromatic heterocycles. The van der Waals surface area contributed by atoms with Gasteiger partial charge >= 0.3 is 12.6 Å². The van der Waals surface area contributed by atoms with Gasteiger partial charge in [-0.3, -0.25) is 9.69 Å². The van der Waals surface area contributed by atoms with Gasteiger partial charge in [0.1, 0.15) is 41.1 Å². The molecule has 0 saturated carbocycles. The van der Waals surface area contributed by atoms with E-state index in [-0.39, 0.29) is 29.4 Å². The van der Waals surface area contributed by atoms with Crippen molar-refractivity contribution in [3.63, 3.8) is 0 Å². The molecule has 0 amide bonds. The molecule has 6 aromatic rings. The van der Waals surface area contributed by atoms with Crippen molar-refractivity contribution in [2.24, 2.45) is 0 Å². The summed E-state index contributed by atoms with van der Waals surface area (Å²) < 4.78 is 49.4. The summed E-state index contributed by atoms with van der Waals surface area (Å²) >= 11 is 0. The number of nitrogens with one attached hydrogen (secondary N) is 1. The molecule has 2 fully saturated rings. The number of aliphatic hydroxyl groups is 1. The maximum absolute atomic E-state index is 13.4. The fraction of sp³-hybridized carbons (Fsp3) is 0.286. The van der Waals surface area contributed by atoms with E-state index in [0.717, 1.165) is 39.8 Å². The van der Waals surface area contributed by atoms with Gasteiger partial charge in [-0.2, -0.15) is 14.0 Å². The van der Waals surface area contributed by atoms with Crippen molar-refractivity contribution < 1.29 is 37.0 Å². The lowest BCUT2D eigenvalue weighted by Crippen LogP contribution is -2.60. The maximum atomic E-state index is 13.4. The van der Waals surface area contributed by atoms with Crippen LogP contribution in [0.5, 0.6) is 5.75 Å². The average molecular weight is 744 g/mol. The Kier molecular flexibility index (Phi) is 9.31. The van der Waals surface area contributed by atoms with Crippen molar-refractivity contribution in [1.82, 2.24) is 20.2 Å². The molecule has 1 atom stereocenters. The molecule has 0 spiro atoms. The first-order chi connectivity index (χ1) is 26.5. The van der Waals surface area contributed by atoms with Gasteiger partial charge in [-0.15, -0.1) is 6.42 Å². The summed E-state index contributed by atoms with van der Waals surface area (Å²) in [6.45, 7) is 2.46. The molecule has 0 unspecified atom stereocenters. The van der Waals surface area contributed by atoms with Crippen LogP contribution in [0.25, 0.3) is 56.2 Å². The Balaban J connectivity index is 1.09. The van der Waals surface area contributed by atoms with E-state index in [2.05, 4.69) is 17.3 Å². The second kappa shape index (κ2) is 14.3. The lowest BCUT2D eigenvalue weighted by molar-refractivity contribution is -0.147. The Morgan fingerprint density at radius 3 is 2.35 bits per heavy atom. The standard InChI is InChI=1S/C42H35F2N5O6/c1-4-42(51)21-49(22-42)19-25-14-26(18-45)37-34(15-25)48-39(55-37)31-11-6-9-29(24(31)3)28-8-5-10-30(23(28)2)38-47-33-16-27(20-52-40(50)32-12-7-13-46-32)35(54-41(43)44)17-36(33)53-38/h1,5-6,8-11,14-17,32,41,46,51H,7,12-13,19-22H2,2-3H3/t32-/m0/s1. The first-order valence-corrected chi connectivity index (χ1v) is 17.8. The Labute approximate surface area is 314 Å². The predicted molar refractivity (Wildman–Crippen MR) is 199 cm³/mol. The van der Waals surface area contributed by atoms with Crippen molar-refractivity contribution in [2.75, 3.05) is 19.6 Å². The summed E-state index contributed by atoms with van der Waals surface area (Å²) in [4.78, 5) is 24.0. The van der Waals surface area contributed by atoms with Crippen LogP contribution in [0.2, 0.25) is 0 Å². The van der Waals surface area contributed by atoms with Gasteiger partial charge in [-0.25, -0.2) is 9.97 Å². The molecule has 2 saturated heterocycles. The number of ether oxygens (including phenoxy) is 2. The number of aromatic nitrogens is 2. The van der Waals surface area contributed by atoms with E-state index in [1.807, 2.05) is 61.2 Å². The molecule has 55 heavy (non-hydrogen) atoms. The second-order valence-corrected chi connectivity index (χ2v) is 14.0. The summed E-state index contributed by atoms with van der Waals surface area (Å²) in [5, 5.41) is 23.2. The molecule has 8 rings (SSSR count). The fourth-order valence-corrected chi connectivity index (χ4v) is 7.42. The van der Waals surface area contributed by atoms with Gasteiger partial charge < -0.3 is 28.7 Å². The Bertz CT molecular complexity index is 2550. The van der Waals surface area contributed by atoms with Gasteiger partial charge in [0.25, 0.3) is 0 Å². The van der Waals surface area contributed by atoms with E-state index in [0.29, 0.717) is 66.2 Å². The quantitative estimate of drug-likeness (QED) is 0.110. The molecule has 2 aliphatic heterocycles. The molecule has 0 radical (unpaired) electrons. The van der Waals surface area contributed by atoms with Crippen molar-refractivity contribution in [3.05, 3.63) is 88.5 Å². The summed E-state index contributed by atoms with van der Waals surface area (Å²) in [5.74, 6) is 2.44. The van der Waals surface area contributed by atoms with Crippen molar-refractivity contribution >= 4 is 28.2 Å². The molecule has 2 N–H and O–H groups in total. The highest BCUT2D eigenvalue weighted by Crippen LogP contribution is 2.39. The number of halogens is 2. The normalized spacial score (nSPS) is 16.6. The van der Waals surface area contributed by atoms with Crippen LogP contribution in [0, 0.1) is 37.5 Å². The Hall–Kier alpha value is -6.12. The van der Waals surface area contributed by atoms with Crippen molar-refractivity contribution in [1.29, 1.82) is 5.26 Å². The summed E-state index contributed by atoms with van der Waals surface area (Å²) in [6.07, 6.45) is 6.93. The summed E-state index contributed by atoms with van der Waals surface area (Å²) in [5.41, 5.74) is 6.86. The smallest absolute Gasteiger partial charge is 0.387 e. The summed E-state index contributed by atoms with van der Waals surface area (Å²) in [7, 11) is 0. The molecule has 0 aliphatic carbocycles. The van der Waals surface area contributed by atoms with Crippen LogP contribution in [0.1, 0.15) is 40.7 Å². The minimum atomic E-state index is -3.10. The number of hydrogen-bond acceptors (Lipinski definition) is 11. The highest BCUT2D eigenvalue weighted by Gasteiger charge is 2.39. The molecule has 11 nitrogen and oxygen atoms in total. The number of carbonyl (C=O) groups excluding carboxylic acids is 1. The van der Waals surface area contributed by atoms with Gasteiger partial charge in [0.05, 0.1) is 5.56 Å². The van der Waals surface area contributed by atoms with Crippen LogP contribution in [0.4, 0.5) is 8.78 Å². The fourth-order valence-electron chi connectivity index (χ4n) is 7.42. The van der Waals surface area contributed by atoms with E-state index < -0.39 is 24.2 Å². The monoisotopic (exact) mass is 743 g/mol. The van der Waals surface area contributed by atoms with Crippen LogP contribution >= 0.6 is 0 Å². The zero-order valence-corrected chi connectivity index (χ0v) is 30.0. The van der Waals surface area contributed by atoms with E-state index in [4.69, 9.17) is 34.7 Å². The van der Waals surface area contributed by atoms with Crippen LogP contribution in [0.3, 0.4) is 0 Å². The molecule has 0 bridgehead atoms. The van der Waals surface area contributed by atoms with Gasteiger partial charge in [-0.05, 0) is 91.4 Å². The number of esters is 1. The second-order valence-electron chi connectivity index (χ2n) is 14.0. The van der Waals surface area contributed by atoms with E-state index in [9.17, 15) is 23.9 Å². The number of rotatable bonds is 10.